The SMILES string of the molecule is O=C(O)C1NCCC2CCCCC21.O=C(O)c1nccc2ccccc12.OCC1NCCC2CCCCC21.SCC1NCCC2CCCCC21. The van der Waals surface area contributed by atoms with Crippen molar-refractivity contribution in [2.75, 3.05) is 32.0 Å². The summed E-state index contributed by atoms with van der Waals surface area (Å²) in [5.41, 5.74) is 0.109. The van der Waals surface area contributed by atoms with Gasteiger partial charge >= 0.3 is 11.9 Å². The van der Waals surface area contributed by atoms with Crippen LogP contribution in [0.15, 0.2) is 36.5 Å². The van der Waals surface area contributed by atoms with Gasteiger partial charge in [-0.25, -0.2) is 9.78 Å². The molecule has 0 radical (unpaired) electrons. The molecular weight excluding hydrogens is 649 g/mol. The molecule has 3 aliphatic carbocycles. The molecule has 50 heavy (non-hydrogen) atoms. The zero-order valence-electron chi connectivity index (χ0n) is 29.9. The van der Waals surface area contributed by atoms with Gasteiger partial charge in [0.2, 0.25) is 0 Å². The number of carboxylic acids is 2. The number of pyridine rings is 1. The number of nitrogens with zero attached hydrogens (tertiary/aromatic N) is 1. The number of aliphatic hydroxyl groups is 1. The van der Waals surface area contributed by atoms with Gasteiger partial charge in [0.05, 0.1) is 6.61 Å². The van der Waals surface area contributed by atoms with E-state index in [1.165, 1.54) is 103 Å². The molecule has 0 bridgehead atoms. The van der Waals surface area contributed by atoms with Crippen LogP contribution in [-0.4, -0.2) is 82.4 Å². The third-order valence-corrected chi connectivity index (χ3v) is 13.0. The fraction of sp³-hybridized carbons (Fsp3) is 0.725. The van der Waals surface area contributed by atoms with Gasteiger partial charge in [0.15, 0.2) is 5.69 Å². The van der Waals surface area contributed by atoms with Crippen LogP contribution in [0.1, 0.15) is 107 Å². The second kappa shape index (κ2) is 20.1. The molecule has 3 saturated carbocycles. The Balaban J connectivity index is 0.000000130. The Morgan fingerprint density at radius 3 is 1.78 bits per heavy atom. The number of hydrogen-bond acceptors (Lipinski definition) is 8. The van der Waals surface area contributed by atoms with E-state index in [1.807, 2.05) is 12.1 Å². The number of rotatable bonds is 4. The number of piperidine rings is 3. The number of hydrogen-bond donors (Lipinski definition) is 7. The molecule has 4 heterocycles. The summed E-state index contributed by atoms with van der Waals surface area (Å²) < 4.78 is 0. The molecule has 8 rings (SSSR count). The molecule has 6 aliphatic rings. The van der Waals surface area contributed by atoms with Crippen molar-refractivity contribution in [2.24, 2.45) is 35.5 Å². The number of benzene rings is 1. The predicted octanol–water partition coefficient (Wildman–Crippen LogP) is 6.40. The molecule has 1 aromatic carbocycles. The van der Waals surface area contributed by atoms with Crippen molar-refractivity contribution in [3.8, 4) is 0 Å². The van der Waals surface area contributed by atoms with Crippen LogP contribution in [0.2, 0.25) is 0 Å². The predicted molar refractivity (Wildman–Crippen MR) is 203 cm³/mol. The van der Waals surface area contributed by atoms with Crippen molar-refractivity contribution < 1.29 is 24.9 Å². The second-order valence-electron chi connectivity index (χ2n) is 15.4. The fourth-order valence-electron chi connectivity index (χ4n) is 10.0. The lowest BCUT2D eigenvalue weighted by Crippen LogP contribution is -2.51. The average Bonchev–Trinajstić information content (AvgIpc) is 3.17. The summed E-state index contributed by atoms with van der Waals surface area (Å²) >= 11 is 4.42. The van der Waals surface area contributed by atoms with Crippen molar-refractivity contribution in [3.05, 3.63) is 42.2 Å². The number of aliphatic carboxylic acids is 1. The molecule has 3 aliphatic heterocycles. The van der Waals surface area contributed by atoms with Crippen molar-refractivity contribution in [1.82, 2.24) is 20.9 Å². The van der Waals surface area contributed by atoms with Crippen LogP contribution in [0.3, 0.4) is 0 Å². The number of carboxylic acid groups (broad SMARTS) is 2. The van der Waals surface area contributed by atoms with Crippen LogP contribution in [0.25, 0.3) is 10.8 Å². The van der Waals surface area contributed by atoms with E-state index in [-0.39, 0.29) is 11.7 Å². The van der Waals surface area contributed by atoms with Crippen LogP contribution in [0, 0.1) is 35.5 Å². The van der Waals surface area contributed by atoms with E-state index in [4.69, 9.17) is 15.3 Å². The number of aromatic nitrogens is 1. The van der Waals surface area contributed by atoms with E-state index in [1.54, 1.807) is 18.2 Å². The summed E-state index contributed by atoms with van der Waals surface area (Å²) in [6, 6.07) is 9.94. The smallest absolute Gasteiger partial charge is 0.355 e. The highest BCUT2D eigenvalue weighted by atomic mass is 32.1. The van der Waals surface area contributed by atoms with Crippen molar-refractivity contribution in [3.63, 3.8) is 0 Å². The highest BCUT2D eigenvalue weighted by Gasteiger charge is 2.38. The molecule has 2 aromatic rings. The number of nitrogens with one attached hydrogen (secondary N) is 3. The maximum atomic E-state index is 10.9. The Morgan fingerprint density at radius 1 is 0.680 bits per heavy atom. The van der Waals surface area contributed by atoms with E-state index in [0.29, 0.717) is 35.9 Å². The number of aliphatic hydroxyl groups excluding tert-OH is 1. The molecule has 9 unspecified atom stereocenters. The molecule has 9 nitrogen and oxygen atoms in total. The Hall–Kier alpha value is -2.24. The lowest BCUT2D eigenvalue weighted by atomic mass is 9.72. The summed E-state index contributed by atoms with van der Waals surface area (Å²) in [6.07, 6.45) is 21.7. The lowest BCUT2D eigenvalue weighted by molar-refractivity contribution is -0.143. The summed E-state index contributed by atoms with van der Waals surface area (Å²) in [6.45, 7) is 3.57. The number of carbonyl (C=O) groups is 2. The van der Waals surface area contributed by atoms with E-state index in [9.17, 15) is 9.59 Å². The van der Waals surface area contributed by atoms with Gasteiger partial charge in [-0.05, 0) is 105 Å². The standard InChI is InChI=1S/C10H17NO2.C10H7NO2.C10H19NO.C10H19NS/c2*12-10(13)9-8-4-2-1-3-7(8)5-6-11-9;2*12-7-10-9-4-2-1-3-8(9)5-6-11-10/h7-9,11H,1-6H2,(H,12,13);1-6H,(H,12,13);2*8-12H,1-7H2. The first-order valence-corrected chi connectivity index (χ1v) is 20.3. The van der Waals surface area contributed by atoms with Crippen LogP contribution in [0.4, 0.5) is 0 Å². The molecule has 9 atom stereocenters. The largest absolute Gasteiger partial charge is 0.480 e. The molecular formula is C40H62N4O5S. The van der Waals surface area contributed by atoms with Gasteiger partial charge in [0.25, 0.3) is 0 Å². The maximum absolute atomic E-state index is 10.9. The second-order valence-corrected chi connectivity index (χ2v) is 15.8. The molecule has 1 aromatic heterocycles. The van der Waals surface area contributed by atoms with E-state index >= 15 is 0 Å². The Kier molecular flexibility index (Phi) is 15.7. The van der Waals surface area contributed by atoms with Gasteiger partial charge in [-0.1, -0.05) is 82.1 Å². The van der Waals surface area contributed by atoms with Gasteiger partial charge in [-0.3, -0.25) is 4.79 Å². The minimum Gasteiger partial charge on any atom is -0.480 e. The Bertz CT molecular complexity index is 1290. The summed E-state index contributed by atoms with van der Waals surface area (Å²) in [5, 5.41) is 38.7. The van der Waals surface area contributed by atoms with Crippen LogP contribution < -0.4 is 16.0 Å². The van der Waals surface area contributed by atoms with Gasteiger partial charge in [-0.2, -0.15) is 12.6 Å². The molecule has 6 fully saturated rings. The van der Waals surface area contributed by atoms with Crippen molar-refractivity contribution >= 4 is 35.3 Å². The molecule has 3 saturated heterocycles. The zero-order valence-corrected chi connectivity index (χ0v) is 30.7. The highest BCUT2D eigenvalue weighted by Crippen LogP contribution is 2.38. The third-order valence-electron chi connectivity index (χ3n) is 12.6. The Morgan fingerprint density at radius 2 is 1.20 bits per heavy atom. The van der Waals surface area contributed by atoms with Gasteiger partial charge in [0, 0.05) is 29.4 Å². The van der Waals surface area contributed by atoms with E-state index in [2.05, 4.69) is 33.6 Å². The van der Waals surface area contributed by atoms with E-state index < -0.39 is 11.9 Å². The first-order chi connectivity index (χ1) is 24.4. The van der Waals surface area contributed by atoms with Crippen molar-refractivity contribution in [1.29, 1.82) is 0 Å². The number of fused-ring (bicyclic) bond motifs is 4. The molecule has 0 amide bonds. The minimum absolute atomic E-state index is 0.109. The topological polar surface area (TPSA) is 144 Å². The normalized spacial score (nSPS) is 33.2. The lowest BCUT2D eigenvalue weighted by Gasteiger charge is -2.41. The average molecular weight is 711 g/mol. The summed E-state index contributed by atoms with van der Waals surface area (Å²) in [7, 11) is 0. The van der Waals surface area contributed by atoms with Crippen LogP contribution >= 0.6 is 12.6 Å². The fourth-order valence-corrected chi connectivity index (χ4v) is 10.4. The van der Waals surface area contributed by atoms with Gasteiger partial charge in [-0.15, -0.1) is 0 Å². The monoisotopic (exact) mass is 710 g/mol. The number of aromatic carboxylic acids is 1. The quantitative estimate of drug-likeness (QED) is 0.179. The first-order valence-electron chi connectivity index (χ1n) is 19.6. The highest BCUT2D eigenvalue weighted by molar-refractivity contribution is 7.80. The molecule has 10 heteroatoms. The van der Waals surface area contributed by atoms with Crippen LogP contribution in [-0.2, 0) is 4.79 Å². The molecule has 6 N–H and O–H groups in total. The van der Waals surface area contributed by atoms with Gasteiger partial charge in [0.1, 0.15) is 6.04 Å². The number of thiol groups is 1. The summed E-state index contributed by atoms with van der Waals surface area (Å²) in [5.74, 6) is 4.13. The first kappa shape index (κ1) is 39.0. The van der Waals surface area contributed by atoms with Gasteiger partial charge < -0.3 is 31.3 Å². The van der Waals surface area contributed by atoms with Crippen LogP contribution in [0.5, 0.6) is 0 Å². The van der Waals surface area contributed by atoms with E-state index in [0.717, 1.165) is 54.3 Å². The van der Waals surface area contributed by atoms with Crippen molar-refractivity contribution in [2.45, 2.75) is 114 Å². The molecule has 278 valence electrons. The third kappa shape index (κ3) is 10.4. The maximum Gasteiger partial charge on any atom is 0.355 e. The zero-order chi connectivity index (χ0) is 35.3. The summed E-state index contributed by atoms with van der Waals surface area (Å²) in [4.78, 5) is 25.5. The Labute approximate surface area is 304 Å². The molecule has 0 spiro atoms. The minimum atomic E-state index is -0.989.